The summed E-state index contributed by atoms with van der Waals surface area (Å²) in [5.41, 5.74) is 20.3. The maximum Gasteiger partial charge on any atom is 0.257 e. The number of hydrogen-bond donors (Lipinski definition) is 0. The second-order valence-electron chi connectivity index (χ2n) is 21.2. The lowest BCUT2D eigenvalue weighted by atomic mass is 9.33. The molecule has 4 heterocycles. The first kappa shape index (κ1) is 35.5. The Labute approximate surface area is 340 Å². The molecule has 1 aromatic heterocycles. The van der Waals surface area contributed by atoms with Crippen molar-refractivity contribution in [2.45, 2.75) is 135 Å². The quantitative estimate of drug-likeness (QED) is 0.164. The Morgan fingerprint density at radius 1 is 0.649 bits per heavy atom. The van der Waals surface area contributed by atoms with Gasteiger partial charge in [0.05, 0.1) is 5.54 Å². The van der Waals surface area contributed by atoms with E-state index in [0.717, 1.165) is 17.2 Å². The number of anilines is 5. The van der Waals surface area contributed by atoms with Crippen LogP contribution in [0.2, 0.25) is 0 Å². The molecule has 2 unspecified atom stereocenters. The molecule has 2 atom stereocenters. The van der Waals surface area contributed by atoms with Gasteiger partial charge in [0.15, 0.2) is 0 Å². The number of furan rings is 1. The minimum atomic E-state index is -0.0449. The standard InChI is InChI=1S/C53H57BN2O/c1-32-26-42-46-43(27-32)56-47-40(52(9)22-14-15-23-53(52,56)10)28-34(33-16-12-11-13-17-33)29-41(47)54(46)45-37-30-38-39(51(7,8)25-24-50(38,5)6)31-44(37)57-48(45)55(42)36-20-18-35(19-21-36)49(2,3)4/h11-13,16-21,26-31H,14-15,22-25H2,1-10H3. The zero-order valence-electron chi connectivity index (χ0n) is 35.8. The summed E-state index contributed by atoms with van der Waals surface area (Å²) in [5.74, 6) is 0.973. The van der Waals surface area contributed by atoms with E-state index in [4.69, 9.17) is 4.42 Å². The number of benzene rings is 5. The van der Waals surface area contributed by atoms with E-state index >= 15 is 0 Å². The van der Waals surface area contributed by atoms with Gasteiger partial charge >= 0.3 is 0 Å². The number of hydrogen-bond acceptors (Lipinski definition) is 3. The normalized spacial score (nSPS) is 23.5. The maximum atomic E-state index is 7.42. The molecule has 1 saturated carbocycles. The fourth-order valence-electron chi connectivity index (χ4n) is 12.2. The molecule has 2 aliphatic carbocycles. The van der Waals surface area contributed by atoms with Crippen LogP contribution in [0, 0.1) is 6.92 Å². The van der Waals surface area contributed by atoms with Crippen molar-refractivity contribution in [1.82, 2.24) is 0 Å². The molecule has 5 aromatic carbocycles. The highest BCUT2D eigenvalue weighted by Crippen LogP contribution is 2.62. The largest absolute Gasteiger partial charge is 0.440 e. The van der Waals surface area contributed by atoms with Gasteiger partial charge in [-0.25, -0.2) is 0 Å². The molecular weight excluding hydrogens is 691 g/mol. The summed E-state index contributed by atoms with van der Waals surface area (Å²) in [6.07, 6.45) is 7.26. The first-order valence-corrected chi connectivity index (χ1v) is 21.7. The molecule has 3 nitrogen and oxygen atoms in total. The Morgan fingerprint density at radius 3 is 2.02 bits per heavy atom. The molecule has 3 aliphatic heterocycles. The van der Waals surface area contributed by atoms with Crippen molar-refractivity contribution < 1.29 is 4.42 Å². The van der Waals surface area contributed by atoms with Gasteiger partial charge in [-0.05, 0) is 148 Å². The van der Waals surface area contributed by atoms with E-state index in [1.165, 1.54) is 116 Å². The van der Waals surface area contributed by atoms with E-state index in [1.54, 1.807) is 0 Å². The third-order valence-corrected chi connectivity index (χ3v) is 15.9. The molecule has 57 heavy (non-hydrogen) atoms. The molecule has 0 bridgehead atoms. The summed E-state index contributed by atoms with van der Waals surface area (Å²) in [4.78, 5) is 5.35. The molecule has 0 saturated heterocycles. The fourth-order valence-corrected chi connectivity index (χ4v) is 12.2. The molecule has 0 N–H and O–H groups in total. The number of aryl methyl sites for hydroxylation is 1. The van der Waals surface area contributed by atoms with Crippen LogP contribution in [0.15, 0.2) is 95.4 Å². The lowest BCUT2D eigenvalue weighted by Gasteiger charge is -2.52. The zero-order chi connectivity index (χ0) is 39.6. The lowest BCUT2D eigenvalue weighted by Crippen LogP contribution is -2.64. The lowest BCUT2D eigenvalue weighted by molar-refractivity contribution is 0.195. The van der Waals surface area contributed by atoms with Crippen molar-refractivity contribution in [1.29, 1.82) is 0 Å². The average Bonchev–Trinajstić information content (AvgIpc) is 3.64. The van der Waals surface area contributed by atoms with E-state index in [0.29, 0.717) is 0 Å². The second-order valence-corrected chi connectivity index (χ2v) is 21.2. The Morgan fingerprint density at radius 2 is 1.32 bits per heavy atom. The maximum absolute atomic E-state index is 7.42. The van der Waals surface area contributed by atoms with Gasteiger partial charge in [-0.15, -0.1) is 0 Å². The van der Waals surface area contributed by atoms with Crippen molar-refractivity contribution in [2.24, 2.45) is 0 Å². The molecule has 1 fully saturated rings. The van der Waals surface area contributed by atoms with Crippen LogP contribution in [-0.4, -0.2) is 12.3 Å². The van der Waals surface area contributed by atoms with Gasteiger partial charge < -0.3 is 9.32 Å². The van der Waals surface area contributed by atoms with Gasteiger partial charge in [0.25, 0.3) is 6.71 Å². The third kappa shape index (κ3) is 4.62. The van der Waals surface area contributed by atoms with Gasteiger partial charge in [-0.1, -0.05) is 117 Å². The molecule has 0 radical (unpaired) electrons. The summed E-state index contributed by atoms with van der Waals surface area (Å²) >= 11 is 0. The highest BCUT2D eigenvalue weighted by atomic mass is 16.4. The average molecular weight is 749 g/mol. The van der Waals surface area contributed by atoms with Gasteiger partial charge in [-0.2, -0.15) is 0 Å². The van der Waals surface area contributed by atoms with Crippen LogP contribution >= 0.6 is 0 Å². The summed E-state index contributed by atoms with van der Waals surface area (Å²) in [6, 6.07) is 35.6. The monoisotopic (exact) mass is 748 g/mol. The molecule has 0 spiro atoms. The fraction of sp³-hybridized carbons (Fsp3) is 0.396. The first-order chi connectivity index (χ1) is 27.0. The van der Waals surface area contributed by atoms with Crippen molar-refractivity contribution >= 4 is 62.7 Å². The molecule has 6 aromatic rings. The topological polar surface area (TPSA) is 19.6 Å². The molecular formula is C53H57BN2O. The van der Waals surface area contributed by atoms with Gasteiger partial charge in [0, 0.05) is 39.0 Å². The van der Waals surface area contributed by atoms with E-state index in [2.05, 4.69) is 170 Å². The van der Waals surface area contributed by atoms with Crippen molar-refractivity contribution in [3.8, 4) is 11.1 Å². The third-order valence-electron chi connectivity index (χ3n) is 15.9. The van der Waals surface area contributed by atoms with E-state index < -0.39 is 0 Å². The second kappa shape index (κ2) is 11.3. The number of rotatable bonds is 2. The SMILES string of the molecule is Cc1cc2c3c(c1)N1c4c(cc(-c5ccccc5)cc4C4(C)CCCCC14C)B3c1c(oc3cc4c(cc13)C(C)(C)CCC4(C)C)N2c1ccc(C(C)(C)C)cc1. The Bertz CT molecular complexity index is 2680. The van der Waals surface area contributed by atoms with E-state index in [1.807, 2.05) is 0 Å². The molecule has 4 heteroatoms. The summed E-state index contributed by atoms with van der Waals surface area (Å²) in [7, 11) is 0. The minimum absolute atomic E-state index is 0.0166. The number of fused-ring (bicyclic) bond motifs is 10. The van der Waals surface area contributed by atoms with E-state index in [-0.39, 0.29) is 33.9 Å². The predicted molar refractivity (Wildman–Crippen MR) is 243 cm³/mol. The predicted octanol–water partition coefficient (Wildman–Crippen LogP) is 12.4. The highest BCUT2D eigenvalue weighted by Gasteiger charge is 2.62. The Hall–Kier alpha value is -4.70. The summed E-state index contributed by atoms with van der Waals surface area (Å²) < 4.78 is 7.42. The van der Waals surface area contributed by atoms with Crippen LogP contribution < -0.4 is 26.2 Å². The molecule has 0 amide bonds. The smallest absolute Gasteiger partial charge is 0.257 e. The van der Waals surface area contributed by atoms with Gasteiger partial charge in [0.1, 0.15) is 5.58 Å². The molecule has 5 aliphatic rings. The van der Waals surface area contributed by atoms with Crippen molar-refractivity contribution in [3.63, 3.8) is 0 Å². The van der Waals surface area contributed by atoms with E-state index in [9.17, 15) is 0 Å². The van der Waals surface area contributed by atoms with Crippen LogP contribution in [0.3, 0.4) is 0 Å². The highest BCUT2D eigenvalue weighted by molar-refractivity contribution is 7.01. The van der Waals surface area contributed by atoms with Crippen LogP contribution in [0.4, 0.5) is 28.6 Å². The van der Waals surface area contributed by atoms with Crippen LogP contribution in [0.5, 0.6) is 0 Å². The van der Waals surface area contributed by atoms with Crippen LogP contribution in [0.1, 0.15) is 129 Å². The van der Waals surface area contributed by atoms with Crippen LogP contribution in [0.25, 0.3) is 22.1 Å². The minimum Gasteiger partial charge on any atom is -0.440 e. The molecule has 11 rings (SSSR count). The zero-order valence-corrected chi connectivity index (χ0v) is 35.8. The first-order valence-electron chi connectivity index (χ1n) is 21.7. The van der Waals surface area contributed by atoms with Crippen molar-refractivity contribution in [2.75, 3.05) is 9.80 Å². The molecule has 288 valence electrons. The van der Waals surface area contributed by atoms with Crippen molar-refractivity contribution in [3.05, 3.63) is 119 Å². The Kier molecular flexibility index (Phi) is 7.02. The number of nitrogens with zero attached hydrogens (tertiary/aromatic N) is 2. The Balaban J connectivity index is 1.28. The summed E-state index contributed by atoms with van der Waals surface area (Å²) in [5, 5.41) is 1.27. The van der Waals surface area contributed by atoms with Crippen LogP contribution in [-0.2, 0) is 21.7 Å². The van der Waals surface area contributed by atoms with Gasteiger partial charge in [0.2, 0.25) is 5.88 Å². The summed E-state index contributed by atoms with van der Waals surface area (Å²) in [6.45, 7) is 24.2. The van der Waals surface area contributed by atoms with Gasteiger partial charge in [-0.3, -0.25) is 4.90 Å².